The van der Waals surface area contributed by atoms with Crippen LogP contribution < -0.4 is 16.4 Å². The largest absolute Gasteiger partial charge is 0.379 e. The quantitative estimate of drug-likeness (QED) is 0.159. The molecule has 2 rings (SSSR count). The molecule has 2 amide bonds. The molecule has 0 spiro atoms. The van der Waals surface area contributed by atoms with Crippen molar-refractivity contribution in [2.45, 2.75) is 19.3 Å². The Morgan fingerprint density at radius 2 is 1.86 bits per heavy atom. The lowest BCUT2D eigenvalue weighted by atomic mass is 10.1. The summed E-state index contributed by atoms with van der Waals surface area (Å²) in [4.78, 5) is 28.6. The standard InChI is InChI=1S/C19H27N5O4S/c20-8-10-28-12-11-27-9-7-16(25)22-15-4-2-1-3-14(15)18(26)24-19(29)23-17(21)13-5-6-13/h1-4,13H,5-12,20H2,(H,22,25)(H3,21,23,24,26,29). The second kappa shape index (κ2) is 12.3. The number of aliphatic imine (C=N–C) groups is 1. The van der Waals surface area contributed by atoms with Crippen LogP contribution in [0.1, 0.15) is 29.6 Å². The summed E-state index contributed by atoms with van der Waals surface area (Å²) in [5.41, 5.74) is 5.96. The van der Waals surface area contributed by atoms with Gasteiger partial charge >= 0.3 is 0 Å². The number of amides is 2. The molecule has 0 heterocycles. The number of rotatable bonds is 11. The summed E-state index contributed by atoms with van der Waals surface area (Å²) in [5.74, 6) is -0.365. The molecule has 0 atom stereocenters. The van der Waals surface area contributed by atoms with Crippen molar-refractivity contribution in [3.8, 4) is 0 Å². The maximum Gasteiger partial charge on any atom is 0.259 e. The van der Waals surface area contributed by atoms with Gasteiger partial charge in [0, 0.05) is 12.5 Å². The summed E-state index contributed by atoms with van der Waals surface area (Å²) in [6, 6.07) is 6.63. The second-order valence-corrected chi connectivity index (χ2v) is 6.83. The third kappa shape index (κ3) is 8.73. The van der Waals surface area contributed by atoms with Gasteiger partial charge in [-0.15, -0.1) is 12.6 Å². The number of anilines is 1. The van der Waals surface area contributed by atoms with Crippen molar-refractivity contribution in [3.63, 3.8) is 0 Å². The second-order valence-electron chi connectivity index (χ2n) is 6.41. The Morgan fingerprint density at radius 3 is 2.55 bits per heavy atom. The molecule has 1 fully saturated rings. The van der Waals surface area contributed by atoms with E-state index in [0.717, 1.165) is 12.8 Å². The van der Waals surface area contributed by atoms with Gasteiger partial charge in [-0.3, -0.25) is 15.0 Å². The van der Waals surface area contributed by atoms with E-state index >= 15 is 0 Å². The fourth-order valence-electron chi connectivity index (χ4n) is 2.33. The number of benzene rings is 1. The van der Waals surface area contributed by atoms with E-state index in [-0.39, 0.29) is 41.4 Å². The molecule has 0 radical (unpaired) electrons. The molecule has 1 saturated carbocycles. The summed E-state index contributed by atoms with van der Waals surface area (Å²) in [6.45, 7) is 1.98. The normalized spacial score (nSPS) is 13.8. The van der Waals surface area contributed by atoms with Crippen LogP contribution in [-0.4, -0.2) is 55.8 Å². The van der Waals surface area contributed by atoms with E-state index in [1.807, 2.05) is 0 Å². The van der Waals surface area contributed by atoms with Gasteiger partial charge in [0.25, 0.3) is 5.91 Å². The van der Waals surface area contributed by atoms with Crippen molar-refractivity contribution >= 4 is 41.1 Å². The first kappa shape index (κ1) is 23.0. The molecule has 29 heavy (non-hydrogen) atoms. The number of amidine groups is 2. The van der Waals surface area contributed by atoms with Crippen LogP contribution in [0.3, 0.4) is 0 Å². The van der Waals surface area contributed by atoms with Crippen LogP contribution in [-0.2, 0) is 14.3 Å². The molecule has 0 unspecified atom stereocenters. The zero-order valence-corrected chi connectivity index (χ0v) is 17.0. The summed E-state index contributed by atoms with van der Waals surface area (Å²) in [6.07, 6.45) is 2.03. The topological polar surface area (TPSA) is 139 Å². The van der Waals surface area contributed by atoms with Crippen molar-refractivity contribution in [2.24, 2.45) is 16.6 Å². The maximum absolute atomic E-state index is 12.5. The Hall–Kier alpha value is -2.27. The highest BCUT2D eigenvalue weighted by molar-refractivity contribution is 7.97. The van der Waals surface area contributed by atoms with E-state index in [2.05, 4.69) is 28.3 Å². The molecule has 1 aromatic rings. The Morgan fingerprint density at radius 1 is 1.17 bits per heavy atom. The first-order chi connectivity index (χ1) is 14.0. The highest BCUT2D eigenvalue weighted by Crippen LogP contribution is 2.30. The van der Waals surface area contributed by atoms with Gasteiger partial charge in [-0.1, -0.05) is 12.1 Å². The molecule has 158 valence electrons. The minimum atomic E-state index is -0.466. The maximum atomic E-state index is 12.5. The van der Waals surface area contributed by atoms with Crippen LogP contribution in [0, 0.1) is 11.3 Å². The minimum Gasteiger partial charge on any atom is -0.379 e. The minimum absolute atomic E-state index is 0.0540. The van der Waals surface area contributed by atoms with Gasteiger partial charge in [-0.05, 0) is 25.0 Å². The van der Waals surface area contributed by atoms with Crippen LogP contribution in [0.15, 0.2) is 29.3 Å². The van der Waals surface area contributed by atoms with Gasteiger partial charge < -0.3 is 25.8 Å². The lowest BCUT2D eigenvalue weighted by molar-refractivity contribution is -0.117. The van der Waals surface area contributed by atoms with Gasteiger partial charge in [0.2, 0.25) is 5.91 Å². The highest BCUT2D eigenvalue weighted by Gasteiger charge is 2.26. The SMILES string of the molecule is N=C(/N=C(\S)NC(=O)c1ccccc1NC(=O)CCOCCOCCN)C1CC1. The molecule has 0 bridgehead atoms. The van der Waals surface area contributed by atoms with E-state index in [1.54, 1.807) is 24.3 Å². The van der Waals surface area contributed by atoms with Gasteiger partial charge in [0.1, 0.15) is 5.84 Å². The van der Waals surface area contributed by atoms with Crippen LogP contribution >= 0.6 is 12.6 Å². The van der Waals surface area contributed by atoms with Gasteiger partial charge in [-0.2, -0.15) is 0 Å². The Balaban J connectivity index is 1.81. The van der Waals surface area contributed by atoms with Crippen molar-refractivity contribution in [3.05, 3.63) is 29.8 Å². The van der Waals surface area contributed by atoms with Crippen molar-refractivity contribution in [2.75, 3.05) is 38.3 Å². The number of carbonyl (C=O) groups excluding carboxylic acids is 2. The van der Waals surface area contributed by atoms with Gasteiger partial charge in [0.05, 0.1) is 44.1 Å². The molecule has 0 aliphatic heterocycles. The molecular weight excluding hydrogens is 394 g/mol. The average molecular weight is 422 g/mol. The fourth-order valence-corrected chi connectivity index (χ4v) is 2.54. The van der Waals surface area contributed by atoms with Gasteiger partial charge in [-0.25, -0.2) is 4.99 Å². The number of nitrogens with zero attached hydrogens (tertiary/aromatic N) is 1. The zero-order chi connectivity index (χ0) is 21.1. The summed E-state index contributed by atoms with van der Waals surface area (Å²) in [5, 5.41) is 13.1. The Bertz CT molecular complexity index is 752. The van der Waals surface area contributed by atoms with Crippen LogP contribution in [0.4, 0.5) is 5.69 Å². The Kier molecular flexibility index (Phi) is 9.78. The number of ether oxygens (including phenoxy) is 2. The molecule has 9 nitrogen and oxygen atoms in total. The number of thiol groups is 1. The molecule has 1 aromatic carbocycles. The molecular formula is C19H27N5O4S. The fraction of sp³-hybridized carbons (Fsp3) is 0.474. The lowest BCUT2D eigenvalue weighted by Gasteiger charge is -2.11. The van der Waals surface area contributed by atoms with Crippen LogP contribution in [0.25, 0.3) is 0 Å². The van der Waals surface area contributed by atoms with Crippen molar-refractivity contribution < 1.29 is 19.1 Å². The Labute approximate surface area is 175 Å². The molecule has 1 aliphatic rings. The van der Waals surface area contributed by atoms with Crippen LogP contribution in [0.2, 0.25) is 0 Å². The average Bonchev–Trinajstić information content (AvgIpc) is 3.53. The smallest absolute Gasteiger partial charge is 0.259 e. The monoisotopic (exact) mass is 421 g/mol. The molecule has 1 aliphatic carbocycles. The molecule has 5 N–H and O–H groups in total. The lowest BCUT2D eigenvalue weighted by Crippen LogP contribution is -2.29. The number of nitrogens with two attached hydrogens (primary N) is 1. The number of carbonyl (C=O) groups is 2. The van der Waals surface area contributed by atoms with E-state index in [4.69, 9.17) is 20.6 Å². The number of nitrogens with one attached hydrogen (secondary N) is 3. The van der Waals surface area contributed by atoms with E-state index in [0.29, 0.717) is 32.1 Å². The number of hydrogen-bond donors (Lipinski definition) is 5. The van der Waals surface area contributed by atoms with E-state index < -0.39 is 5.91 Å². The van der Waals surface area contributed by atoms with Crippen molar-refractivity contribution in [1.29, 1.82) is 5.41 Å². The van der Waals surface area contributed by atoms with Gasteiger partial charge in [0.15, 0.2) is 5.17 Å². The summed E-state index contributed by atoms with van der Waals surface area (Å²) in [7, 11) is 0. The third-order valence-corrected chi connectivity index (χ3v) is 4.18. The van der Waals surface area contributed by atoms with E-state index in [1.165, 1.54) is 0 Å². The first-order valence-corrected chi connectivity index (χ1v) is 9.88. The van der Waals surface area contributed by atoms with E-state index in [9.17, 15) is 9.59 Å². The molecule has 0 aromatic heterocycles. The molecule has 10 heteroatoms. The van der Waals surface area contributed by atoms with Crippen molar-refractivity contribution in [1.82, 2.24) is 5.32 Å². The predicted octanol–water partition coefficient (Wildman–Crippen LogP) is 1.41. The predicted molar refractivity (Wildman–Crippen MR) is 115 cm³/mol. The highest BCUT2D eigenvalue weighted by atomic mass is 32.1. The summed E-state index contributed by atoms with van der Waals surface area (Å²) < 4.78 is 10.5. The first-order valence-electron chi connectivity index (χ1n) is 9.43. The summed E-state index contributed by atoms with van der Waals surface area (Å²) >= 11 is 4.13. The molecule has 0 saturated heterocycles. The number of hydrogen-bond acceptors (Lipinski definition) is 6. The van der Waals surface area contributed by atoms with Crippen LogP contribution in [0.5, 0.6) is 0 Å². The zero-order valence-electron chi connectivity index (χ0n) is 16.1. The third-order valence-electron chi connectivity index (χ3n) is 3.97. The number of para-hydroxylation sites is 1.